The lowest BCUT2D eigenvalue weighted by molar-refractivity contribution is -0.120. The van der Waals surface area contributed by atoms with Crippen LogP contribution in [0.4, 0.5) is 10.8 Å². The Morgan fingerprint density at radius 3 is 2.55 bits per heavy atom. The number of thioether (sulfide) groups is 1. The number of carbonyl (C=O) groups is 2. The van der Waals surface area contributed by atoms with Crippen molar-refractivity contribution in [3.8, 4) is 39.8 Å². The van der Waals surface area contributed by atoms with Gasteiger partial charge in [-0.25, -0.2) is 4.98 Å². The van der Waals surface area contributed by atoms with Gasteiger partial charge in [0.05, 0.1) is 38.8 Å². The highest BCUT2D eigenvalue weighted by Gasteiger charge is 2.30. The van der Waals surface area contributed by atoms with Crippen molar-refractivity contribution in [3.63, 3.8) is 0 Å². The fourth-order valence-corrected chi connectivity index (χ4v) is 6.85. The maximum Gasteiger partial charge on any atom is 0.248 e. The Balaban J connectivity index is 1.54. The van der Waals surface area contributed by atoms with E-state index in [1.165, 1.54) is 31.4 Å². The lowest BCUT2D eigenvalue weighted by Gasteiger charge is -2.19. The number of hydrogen-bond donors (Lipinski definition) is 3. The zero-order chi connectivity index (χ0) is 33.5. The number of rotatable bonds is 12. The molecular weight excluding hydrogens is 639 g/mol. The second kappa shape index (κ2) is 15.3. The molecule has 1 aliphatic carbocycles. The summed E-state index contributed by atoms with van der Waals surface area (Å²) in [7, 11) is 4.66. The van der Waals surface area contributed by atoms with E-state index in [4.69, 9.17) is 14.2 Å². The summed E-state index contributed by atoms with van der Waals surface area (Å²) >= 11 is 2.91. The van der Waals surface area contributed by atoms with Crippen LogP contribution in [-0.4, -0.2) is 61.2 Å². The average molecular weight is 676 g/mol. The Kier molecular flexibility index (Phi) is 11.0. The summed E-state index contributed by atoms with van der Waals surface area (Å²) < 4.78 is 17.2. The van der Waals surface area contributed by atoms with Crippen LogP contribution < -0.4 is 35.6 Å². The van der Waals surface area contributed by atoms with Gasteiger partial charge < -0.3 is 30.2 Å². The van der Waals surface area contributed by atoms with Crippen LogP contribution >= 0.6 is 23.1 Å². The number of pyridine rings is 1. The van der Waals surface area contributed by atoms with E-state index in [0.29, 0.717) is 69.9 Å². The summed E-state index contributed by atoms with van der Waals surface area (Å²) in [6, 6.07) is 11.3. The van der Waals surface area contributed by atoms with Crippen LogP contribution in [0.3, 0.4) is 0 Å². The van der Waals surface area contributed by atoms with Crippen LogP contribution in [0.5, 0.6) is 17.2 Å². The van der Waals surface area contributed by atoms with Gasteiger partial charge in [0.15, 0.2) is 16.6 Å². The van der Waals surface area contributed by atoms with E-state index < -0.39 is 12.1 Å². The van der Waals surface area contributed by atoms with Crippen molar-refractivity contribution < 1.29 is 23.8 Å². The van der Waals surface area contributed by atoms with E-state index in [1.807, 2.05) is 42.0 Å². The molecule has 2 amide bonds. The van der Waals surface area contributed by atoms with Gasteiger partial charge >= 0.3 is 0 Å². The Morgan fingerprint density at radius 2 is 1.87 bits per heavy atom. The maximum absolute atomic E-state index is 13.9. The quantitative estimate of drug-likeness (QED) is 0.175. The van der Waals surface area contributed by atoms with Crippen molar-refractivity contribution in [2.24, 2.45) is 0 Å². The summed E-state index contributed by atoms with van der Waals surface area (Å²) in [5, 5.41) is 11.4. The number of fused-ring (bicyclic) bond motifs is 3. The molecule has 13 heteroatoms. The van der Waals surface area contributed by atoms with Gasteiger partial charge in [0.1, 0.15) is 11.7 Å². The molecule has 2 heterocycles. The first kappa shape index (κ1) is 33.7. The minimum Gasteiger partial charge on any atom is -0.493 e. The summed E-state index contributed by atoms with van der Waals surface area (Å²) in [6.45, 7) is 1.45. The molecule has 1 aliphatic rings. The lowest BCUT2D eigenvalue weighted by atomic mass is 9.95. The molecule has 3 N–H and O–H groups in total. The molecule has 47 heavy (non-hydrogen) atoms. The average Bonchev–Trinajstić information content (AvgIpc) is 3.42. The van der Waals surface area contributed by atoms with Gasteiger partial charge in [-0.2, -0.15) is 11.8 Å². The van der Waals surface area contributed by atoms with Crippen molar-refractivity contribution in [1.82, 2.24) is 15.3 Å². The number of hydrogen-bond acceptors (Lipinski definition) is 11. The molecule has 11 nitrogen and oxygen atoms in total. The largest absolute Gasteiger partial charge is 0.493 e. The number of nitrogens with one attached hydrogen (secondary N) is 3. The van der Waals surface area contributed by atoms with Gasteiger partial charge in [-0.05, 0) is 78.3 Å². The highest BCUT2D eigenvalue weighted by molar-refractivity contribution is 7.98. The Bertz CT molecular complexity index is 1820. The number of ether oxygens (including phenoxy) is 3. The summed E-state index contributed by atoms with van der Waals surface area (Å²) in [5.41, 5.74) is 4.31. The van der Waals surface area contributed by atoms with Crippen LogP contribution in [0.1, 0.15) is 36.9 Å². The van der Waals surface area contributed by atoms with Crippen molar-refractivity contribution in [2.75, 3.05) is 44.0 Å². The smallest absolute Gasteiger partial charge is 0.248 e. The first-order valence-corrected chi connectivity index (χ1v) is 17.3. The van der Waals surface area contributed by atoms with Crippen molar-refractivity contribution in [3.05, 3.63) is 75.4 Å². The molecule has 5 rings (SSSR count). The normalized spacial score (nSPS) is 14.1. The third kappa shape index (κ3) is 7.52. The van der Waals surface area contributed by atoms with E-state index in [1.54, 1.807) is 38.2 Å². The number of benzene rings is 1. The number of thiazole rings is 1. The minimum atomic E-state index is -0.725. The molecule has 246 valence electrons. The van der Waals surface area contributed by atoms with E-state index in [2.05, 4.69) is 25.9 Å². The van der Waals surface area contributed by atoms with Crippen molar-refractivity contribution in [2.45, 2.75) is 38.3 Å². The van der Waals surface area contributed by atoms with Crippen LogP contribution in [0.15, 0.2) is 58.8 Å². The van der Waals surface area contributed by atoms with Crippen LogP contribution in [0.25, 0.3) is 22.5 Å². The fourth-order valence-electron chi connectivity index (χ4n) is 5.67. The SMILES string of the molecule is COc1cc2c(c(OC)c1OC)-c1ccc(N[C@H](CCSC)C(=O)Nc3nc(-c4ccccn4)cs3)c(=O)cc1[C@@H](NC(C)=O)CC2. The molecule has 0 spiro atoms. The molecule has 0 radical (unpaired) electrons. The number of anilines is 2. The van der Waals surface area contributed by atoms with Gasteiger partial charge in [0.2, 0.25) is 23.0 Å². The number of nitrogens with zero attached hydrogens (tertiary/aromatic N) is 2. The van der Waals surface area contributed by atoms with Gasteiger partial charge in [-0.15, -0.1) is 11.3 Å². The molecule has 0 unspecified atom stereocenters. The molecule has 0 saturated carbocycles. The van der Waals surface area contributed by atoms with Crippen LogP contribution in [0.2, 0.25) is 0 Å². The molecule has 0 aliphatic heterocycles. The number of amides is 2. The molecule has 2 aromatic carbocycles. The molecule has 2 aromatic heterocycles. The zero-order valence-corrected chi connectivity index (χ0v) is 28.5. The number of aryl methyl sites for hydroxylation is 1. The van der Waals surface area contributed by atoms with E-state index in [-0.39, 0.29) is 22.9 Å². The van der Waals surface area contributed by atoms with Crippen LogP contribution in [0, 0.1) is 0 Å². The summed E-state index contributed by atoms with van der Waals surface area (Å²) in [5.74, 6) is 1.56. The predicted octanol–water partition coefficient (Wildman–Crippen LogP) is 5.55. The van der Waals surface area contributed by atoms with E-state index >= 15 is 0 Å². The molecule has 0 bridgehead atoms. The number of aromatic nitrogens is 2. The maximum atomic E-state index is 13.9. The highest BCUT2D eigenvalue weighted by atomic mass is 32.2. The van der Waals surface area contributed by atoms with Crippen molar-refractivity contribution >= 4 is 45.7 Å². The Morgan fingerprint density at radius 1 is 1.06 bits per heavy atom. The Hall–Kier alpha value is -4.62. The fraction of sp³-hybridized carbons (Fsp3) is 0.324. The summed E-state index contributed by atoms with van der Waals surface area (Å²) in [4.78, 5) is 48.6. The molecular formula is C34H37N5O6S2. The lowest BCUT2D eigenvalue weighted by Crippen LogP contribution is -2.36. The van der Waals surface area contributed by atoms with Crippen LogP contribution in [-0.2, 0) is 16.0 Å². The summed E-state index contributed by atoms with van der Waals surface area (Å²) in [6.07, 6.45) is 5.24. The minimum absolute atomic E-state index is 0.214. The standard InChI is InChI=1S/C34H37N5O6S2/c1-19(40)36-23-11-9-20-16-29(43-2)31(44-3)32(45-4)30(20)21-10-12-25(28(41)17-22(21)23)37-26(13-15-46-5)33(42)39-34-38-27(18-47-34)24-8-6-7-14-35-24/h6-8,10,12,14,16-18,23,26H,9,11,13,15H2,1-5H3,(H,36,40)(H,37,41)(H,38,39,42)/t23-,26+/m0/s1. The number of methoxy groups -OCH3 is 3. The molecule has 0 fully saturated rings. The van der Waals surface area contributed by atoms with Gasteiger partial charge in [-0.3, -0.25) is 19.4 Å². The number of carbonyl (C=O) groups excluding carboxylic acids is 2. The monoisotopic (exact) mass is 675 g/mol. The van der Waals surface area contributed by atoms with E-state index in [9.17, 15) is 14.4 Å². The first-order valence-electron chi connectivity index (χ1n) is 15.0. The predicted molar refractivity (Wildman–Crippen MR) is 187 cm³/mol. The van der Waals surface area contributed by atoms with Crippen molar-refractivity contribution in [1.29, 1.82) is 0 Å². The second-order valence-corrected chi connectivity index (χ2v) is 12.7. The third-order valence-electron chi connectivity index (χ3n) is 7.83. The van der Waals surface area contributed by atoms with E-state index in [0.717, 1.165) is 11.1 Å². The topological polar surface area (TPSA) is 141 Å². The molecule has 2 atom stereocenters. The first-order chi connectivity index (χ1) is 22.8. The zero-order valence-electron chi connectivity index (χ0n) is 26.8. The molecule has 0 saturated heterocycles. The third-order valence-corrected chi connectivity index (χ3v) is 9.24. The second-order valence-electron chi connectivity index (χ2n) is 10.8. The highest BCUT2D eigenvalue weighted by Crippen LogP contribution is 2.50. The van der Waals surface area contributed by atoms with Gasteiger partial charge in [-0.1, -0.05) is 12.1 Å². The Labute approximate surface area is 281 Å². The van der Waals surface area contributed by atoms with Gasteiger partial charge in [0.25, 0.3) is 0 Å². The molecule has 4 aromatic rings. The van der Waals surface area contributed by atoms with Gasteiger partial charge in [0, 0.05) is 24.1 Å².